The normalized spacial score (nSPS) is 13.2. The molecule has 0 unspecified atom stereocenters. The lowest BCUT2D eigenvalue weighted by Crippen LogP contribution is -2.41. The van der Waals surface area contributed by atoms with E-state index in [0.29, 0.717) is 4.47 Å². The summed E-state index contributed by atoms with van der Waals surface area (Å²) in [6.07, 6.45) is 0.199. The second-order valence-corrected chi connectivity index (χ2v) is 7.53. The second-order valence-electron chi connectivity index (χ2n) is 4.94. The number of sulfonamides is 1. The monoisotopic (exact) mass is 379 g/mol. The molecule has 0 fully saturated rings. The minimum absolute atomic E-state index is 0.0400. The third-order valence-electron chi connectivity index (χ3n) is 2.72. The predicted molar refractivity (Wildman–Crippen MR) is 81.9 cm³/mol. The van der Waals surface area contributed by atoms with Crippen LogP contribution in [-0.2, 0) is 14.8 Å². The fourth-order valence-corrected chi connectivity index (χ4v) is 3.69. The Kier molecular flexibility index (Phi) is 6.18. The molecule has 0 aliphatic carbocycles. The van der Waals surface area contributed by atoms with Crippen LogP contribution in [0.1, 0.15) is 20.3 Å². The second kappa shape index (κ2) is 7.24. The predicted octanol–water partition coefficient (Wildman–Crippen LogP) is 2.24. The van der Waals surface area contributed by atoms with Gasteiger partial charge in [0.2, 0.25) is 10.0 Å². The van der Waals surface area contributed by atoms with Gasteiger partial charge in [-0.25, -0.2) is 8.42 Å². The number of carboxylic acids is 1. The first-order chi connectivity index (χ1) is 9.67. The minimum atomic E-state index is -4.00. The van der Waals surface area contributed by atoms with Crippen molar-refractivity contribution in [3.05, 3.63) is 22.7 Å². The number of ether oxygens (including phenoxy) is 1. The van der Waals surface area contributed by atoms with E-state index in [4.69, 9.17) is 9.84 Å². The van der Waals surface area contributed by atoms with Crippen molar-refractivity contribution in [3.8, 4) is 5.75 Å². The van der Waals surface area contributed by atoms with E-state index < -0.39 is 22.0 Å². The summed E-state index contributed by atoms with van der Waals surface area (Å²) >= 11 is 3.19. The van der Waals surface area contributed by atoms with Crippen LogP contribution in [0.15, 0.2) is 27.6 Å². The van der Waals surface area contributed by atoms with E-state index in [1.54, 1.807) is 6.07 Å². The van der Waals surface area contributed by atoms with E-state index in [9.17, 15) is 13.2 Å². The topological polar surface area (TPSA) is 92.7 Å². The quantitative estimate of drug-likeness (QED) is 0.757. The molecule has 0 aliphatic heterocycles. The van der Waals surface area contributed by atoms with Crippen LogP contribution in [0.2, 0.25) is 0 Å². The molecular formula is C13H18BrNO5S. The van der Waals surface area contributed by atoms with Crippen molar-refractivity contribution in [2.24, 2.45) is 5.92 Å². The number of methoxy groups -OCH3 is 1. The van der Waals surface area contributed by atoms with Crippen LogP contribution in [0.25, 0.3) is 0 Å². The van der Waals surface area contributed by atoms with Gasteiger partial charge in [-0.2, -0.15) is 4.72 Å². The van der Waals surface area contributed by atoms with Gasteiger partial charge in [-0.05, 0) is 30.5 Å². The summed E-state index contributed by atoms with van der Waals surface area (Å²) in [7, 11) is -2.65. The molecule has 0 spiro atoms. The van der Waals surface area contributed by atoms with Gasteiger partial charge < -0.3 is 9.84 Å². The van der Waals surface area contributed by atoms with Crippen LogP contribution in [0.4, 0.5) is 0 Å². The molecule has 21 heavy (non-hydrogen) atoms. The third-order valence-corrected chi connectivity index (χ3v) is 4.70. The molecule has 0 bridgehead atoms. The highest BCUT2D eigenvalue weighted by molar-refractivity contribution is 9.10. The molecule has 2 N–H and O–H groups in total. The Morgan fingerprint density at radius 3 is 2.52 bits per heavy atom. The molecule has 0 saturated heterocycles. The van der Waals surface area contributed by atoms with Gasteiger partial charge in [0, 0.05) is 4.47 Å². The van der Waals surface area contributed by atoms with Gasteiger partial charge in [0.05, 0.1) is 7.11 Å². The Morgan fingerprint density at radius 1 is 1.43 bits per heavy atom. The number of benzene rings is 1. The van der Waals surface area contributed by atoms with Crippen LogP contribution in [0.5, 0.6) is 5.75 Å². The molecule has 0 heterocycles. The van der Waals surface area contributed by atoms with E-state index in [2.05, 4.69) is 20.7 Å². The average Bonchev–Trinajstić information content (AvgIpc) is 2.37. The largest absolute Gasteiger partial charge is 0.495 e. The number of rotatable bonds is 7. The van der Waals surface area contributed by atoms with E-state index in [0.717, 1.165) is 0 Å². The number of carbonyl (C=O) groups is 1. The summed E-state index contributed by atoms with van der Waals surface area (Å²) in [6, 6.07) is 3.33. The summed E-state index contributed by atoms with van der Waals surface area (Å²) in [5, 5.41) is 9.15. The smallest absolute Gasteiger partial charge is 0.321 e. The standard InChI is InChI=1S/C13H18BrNO5S/c1-8(2)6-10(13(16)17)15-21(18,19)12-7-9(14)4-5-11(12)20-3/h4-5,7-8,10,15H,6H2,1-3H3,(H,16,17)/t10-/m1/s1. The van der Waals surface area contributed by atoms with Crippen LogP contribution in [0.3, 0.4) is 0 Å². The van der Waals surface area contributed by atoms with Crippen LogP contribution in [0, 0.1) is 5.92 Å². The number of halogens is 1. The van der Waals surface area contributed by atoms with Gasteiger partial charge in [0.25, 0.3) is 0 Å². The molecule has 0 radical (unpaired) electrons. The minimum Gasteiger partial charge on any atom is -0.495 e. The third kappa shape index (κ3) is 4.98. The summed E-state index contributed by atoms with van der Waals surface area (Å²) in [6.45, 7) is 3.65. The Morgan fingerprint density at radius 2 is 2.05 bits per heavy atom. The highest BCUT2D eigenvalue weighted by Crippen LogP contribution is 2.27. The van der Waals surface area contributed by atoms with Gasteiger partial charge in [0.1, 0.15) is 16.7 Å². The zero-order valence-corrected chi connectivity index (χ0v) is 14.4. The van der Waals surface area contributed by atoms with Crippen molar-refractivity contribution in [2.45, 2.75) is 31.2 Å². The molecule has 8 heteroatoms. The Labute approximate surface area is 132 Å². The van der Waals surface area contributed by atoms with Crippen molar-refractivity contribution < 1.29 is 23.1 Å². The van der Waals surface area contributed by atoms with E-state index in [1.165, 1.54) is 19.2 Å². The van der Waals surface area contributed by atoms with Crippen LogP contribution >= 0.6 is 15.9 Å². The zero-order chi connectivity index (χ0) is 16.2. The molecule has 6 nitrogen and oxygen atoms in total. The summed E-state index contributed by atoms with van der Waals surface area (Å²) in [5.74, 6) is -1.01. The Bertz CT molecular complexity index is 615. The molecule has 0 aliphatic rings. The Balaban J connectivity index is 3.16. The van der Waals surface area contributed by atoms with Crippen molar-refractivity contribution in [1.29, 1.82) is 0 Å². The first kappa shape index (κ1) is 17.9. The zero-order valence-electron chi connectivity index (χ0n) is 12.0. The van der Waals surface area contributed by atoms with Gasteiger partial charge in [-0.3, -0.25) is 4.79 Å². The van der Waals surface area contributed by atoms with Gasteiger partial charge >= 0.3 is 5.97 Å². The molecule has 1 aromatic rings. The summed E-state index contributed by atoms with van der Waals surface area (Å²) in [4.78, 5) is 11.1. The maximum absolute atomic E-state index is 12.4. The van der Waals surface area contributed by atoms with Crippen molar-refractivity contribution in [1.82, 2.24) is 4.72 Å². The van der Waals surface area contributed by atoms with Crippen molar-refractivity contribution >= 4 is 31.9 Å². The molecule has 0 amide bonds. The number of nitrogens with one attached hydrogen (secondary N) is 1. The lowest BCUT2D eigenvalue weighted by atomic mass is 10.1. The first-order valence-corrected chi connectivity index (χ1v) is 8.53. The van der Waals surface area contributed by atoms with E-state index in [-0.39, 0.29) is 23.0 Å². The fourth-order valence-electron chi connectivity index (χ4n) is 1.78. The lowest BCUT2D eigenvalue weighted by molar-refractivity contribution is -0.139. The molecule has 1 aromatic carbocycles. The lowest BCUT2D eigenvalue weighted by Gasteiger charge is -2.17. The molecule has 1 rings (SSSR count). The van der Waals surface area contributed by atoms with Crippen molar-refractivity contribution in [2.75, 3.05) is 7.11 Å². The Hall–Kier alpha value is -1.12. The average molecular weight is 380 g/mol. The van der Waals surface area contributed by atoms with Gasteiger partial charge in [0.15, 0.2) is 0 Å². The molecule has 118 valence electrons. The SMILES string of the molecule is COc1ccc(Br)cc1S(=O)(=O)N[C@H](CC(C)C)C(=O)O. The number of hydrogen-bond donors (Lipinski definition) is 2. The van der Waals surface area contributed by atoms with Crippen LogP contribution in [-0.4, -0.2) is 32.6 Å². The number of carboxylic acid groups (broad SMARTS) is 1. The molecule has 0 aromatic heterocycles. The van der Waals surface area contributed by atoms with E-state index in [1.807, 2.05) is 13.8 Å². The van der Waals surface area contributed by atoms with Crippen molar-refractivity contribution in [3.63, 3.8) is 0 Å². The maximum Gasteiger partial charge on any atom is 0.321 e. The number of hydrogen-bond acceptors (Lipinski definition) is 4. The summed E-state index contributed by atoms with van der Waals surface area (Å²) in [5.41, 5.74) is 0. The molecule has 1 atom stereocenters. The molecular weight excluding hydrogens is 362 g/mol. The highest BCUT2D eigenvalue weighted by atomic mass is 79.9. The van der Waals surface area contributed by atoms with E-state index >= 15 is 0 Å². The van der Waals surface area contributed by atoms with Crippen LogP contribution < -0.4 is 9.46 Å². The highest BCUT2D eigenvalue weighted by Gasteiger charge is 2.28. The fraction of sp³-hybridized carbons (Fsp3) is 0.462. The maximum atomic E-state index is 12.4. The summed E-state index contributed by atoms with van der Waals surface area (Å²) < 4.78 is 32.6. The first-order valence-electron chi connectivity index (χ1n) is 6.26. The van der Waals surface area contributed by atoms with Gasteiger partial charge in [-0.1, -0.05) is 29.8 Å². The number of aliphatic carboxylic acids is 1. The molecule has 0 saturated carbocycles. The van der Waals surface area contributed by atoms with Gasteiger partial charge in [-0.15, -0.1) is 0 Å².